The van der Waals surface area contributed by atoms with Gasteiger partial charge in [0, 0.05) is 19.7 Å². The Bertz CT molecular complexity index is 712. The van der Waals surface area contributed by atoms with Crippen LogP contribution in [0.2, 0.25) is 0 Å². The van der Waals surface area contributed by atoms with E-state index < -0.39 is 6.03 Å². The molecular weight excluding hydrogens is 346 g/mol. The summed E-state index contributed by atoms with van der Waals surface area (Å²) in [6.45, 7) is 2.42. The molecule has 2 aromatic rings. The van der Waals surface area contributed by atoms with Gasteiger partial charge in [-0.2, -0.15) is 0 Å². The number of carbonyl (C=O) groups excluding carboxylic acids is 2. The number of rotatable bonds is 8. The topological polar surface area (TPSA) is 83.8 Å². The third kappa shape index (κ3) is 6.54. The van der Waals surface area contributed by atoms with Gasteiger partial charge in [0.25, 0.3) is 0 Å². The van der Waals surface area contributed by atoms with Crippen LogP contribution in [0, 0.1) is 0 Å². The Morgan fingerprint density at radius 3 is 2.70 bits per heavy atom. The highest BCUT2D eigenvalue weighted by Crippen LogP contribution is 2.15. The Morgan fingerprint density at radius 2 is 2.00 bits per heavy atom. The monoisotopic (exact) mass is 371 g/mol. The maximum atomic E-state index is 12.3. The normalized spacial score (nSPS) is 16.4. The van der Waals surface area contributed by atoms with Crippen molar-refractivity contribution >= 4 is 11.9 Å². The first-order valence-corrected chi connectivity index (χ1v) is 9.17. The second-order valence-electron chi connectivity index (χ2n) is 6.60. The van der Waals surface area contributed by atoms with E-state index in [0.29, 0.717) is 18.8 Å². The zero-order valence-electron chi connectivity index (χ0n) is 15.2. The molecule has 0 spiro atoms. The van der Waals surface area contributed by atoms with Crippen molar-refractivity contribution in [3.05, 3.63) is 60.1 Å². The lowest BCUT2D eigenvalue weighted by atomic mass is 10.2. The molecule has 1 aliphatic heterocycles. The number of hydrogen-bond acceptors (Lipinski definition) is 5. The second kappa shape index (κ2) is 9.89. The Hall–Kier alpha value is -2.64. The van der Waals surface area contributed by atoms with Gasteiger partial charge in [-0.3, -0.25) is 15.0 Å². The van der Waals surface area contributed by atoms with E-state index in [-0.39, 0.29) is 25.1 Å². The zero-order valence-corrected chi connectivity index (χ0v) is 15.2. The average Bonchev–Trinajstić information content (AvgIpc) is 3.34. The van der Waals surface area contributed by atoms with E-state index in [0.717, 1.165) is 25.0 Å². The second-order valence-corrected chi connectivity index (χ2v) is 6.60. The van der Waals surface area contributed by atoms with Crippen molar-refractivity contribution in [2.24, 2.45) is 0 Å². The fourth-order valence-corrected chi connectivity index (χ4v) is 3.10. The fourth-order valence-electron chi connectivity index (χ4n) is 3.10. The summed E-state index contributed by atoms with van der Waals surface area (Å²) in [7, 11) is 0. The highest BCUT2D eigenvalue weighted by atomic mass is 16.5. The van der Waals surface area contributed by atoms with Gasteiger partial charge in [-0.25, -0.2) is 4.79 Å². The van der Waals surface area contributed by atoms with Crippen LogP contribution in [0.1, 0.15) is 24.2 Å². The van der Waals surface area contributed by atoms with Gasteiger partial charge in [0.1, 0.15) is 5.76 Å². The fraction of sp³-hybridized carbons (Fsp3) is 0.400. The molecule has 1 aromatic heterocycles. The maximum Gasteiger partial charge on any atom is 0.321 e. The summed E-state index contributed by atoms with van der Waals surface area (Å²) < 4.78 is 10.8. The minimum atomic E-state index is -0.534. The van der Waals surface area contributed by atoms with E-state index in [1.165, 1.54) is 6.26 Å². The predicted octanol–water partition coefficient (Wildman–Crippen LogP) is 2.29. The minimum Gasteiger partial charge on any atom is -0.467 e. The first-order valence-electron chi connectivity index (χ1n) is 9.17. The third-order valence-corrected chi connectivity index (χ3v) is 4.36. The Morgan fingerprint density at radius 1 is 1.15 bits per heavy atom. The number of imide groups is 1. The summed E-state index contributed by atoms with van der Waals surface area (Å²) in [6.07, 6.45) is 3.71. The SMILES string of the molecule is O=C(CN(Cc1ccccc1)CC1CCCO1)NC(=O)NCc1ccco1. The van der Waals surface area contributed by atoms with Crippen molar-refractivity contribution in [2.75, 3.05) is 19.7 Å². The van der Waals surface area contributed by atoms with Crippen molar-refractivity contribution in [3.63, 3.8) is 0 Å². The predicted molar refractivity (Wildman–Crippen MR) is 99.8 cm³/mol. The van der Waals surface area contributed by atoms with Gasteiger partial charge < -0.3 is 14.5 Å². The number of benzene rings is 1. The van der Waals surface area contributed by atoms with Crippen LogP contribution < -0.4 is 10.6 Å². The molecule has 3 rings (SSSR count). The van der Waals surface area contributed by atoms with Crippen molar-refractivity contribution < 1.29 is 18.7 Å². The molecule has 7 nitrogen and oxygen atoms in total. The number of carbonyl (C=O) groups is 2. The number of furan rings is 1. The van der Waals surface area contributed by atoms with Crippen LogP contribution in [-0.4, -0.2) is 42.6 Å². The van der Waals surface area contributed by atoms with Crippen LogP contribution in [0.3, 0.4) is 0 Å². The van der Waals surface area contributed by atoms with Gasteiger partial charge >= 0.3 is 6.03 Å². The molecule has 2 heterocycles. The summed E-state index contributed by atoms with van der Waals surface area (Å²) in [5.74, 6) is 0.280. The third-order valence-electron chi connectivity index (χ3n) is 4.36. The highest BCUT2D eigenvalue weighted by molar-refractivity contribution is 5.95. The van der Waals surface area contributed by atoms with E-state index in [1.807, 2.05) is 35.2 Å². The molecule has 1 atom stereocenters. The molecule has 0 radical (unpaired) electrons. The Kier molecular flexibility index (Phi) is 7.01. The molecule has 0 aliphatic carbocycles. The minimum absolute atomic E-state index is 0.128. The molecule has 0 bridgehead atoms. The summed E-state index contributed by atoms with van der Waals surface area (Å²) >= 11 is 0. The first-order chi connectivity index (χ1) is 13.2. The summed E-state index contributed by atoms with van der Waals surface area (Å²) in [4.78, 5) is 26.2. The standard InChI is InChI=1S/C20H25N3O4/c24-19(22-20(25)21-12-17-8-4-10-26-17)15-23(14-18-9-5-11-27-18)13-16-6-2-1-3-7-16/h1-4,6-8,10,18H,5,9,11-15H2,(H2,21,22,24,25). The van der Waals surface area contributed by atoms with E-state index in [4.69, 9.17) is 9.15 Å². The number of hydrogen-bond donors (Lipinski definition) is 2. The number of urea groups is 1. The van der Waals surface area contributed by atoms with Crippen LogP contribution >= 0.6 is 0 Å². The quantitative estimate of drug-likeness (QED) is 0.744. The molecule has 1 saturated heterocycles. The zero-order chi connectivity index (χ0) is 18.9. The largest absolute Gasteiger partial charge is 0.467 e. The molecule has 1 aromatic carbocycles. The molecule has 2 N–H and O–H groups in total. The van der Waals surface area contributed by atoms with Crippen molar-refractivity contribution in [3.8, 4) is 0 Å². The van der Waals surface area contributed by atoms with Crippen LogP contribution in [0.25, 0.3) is 0 Å². The number of nitrogens with one attached hydrogen (secondary N) is 2. The van der Waals surface area contributed by atoms with E-state index >= 15 is 0 Å². The van der Waals surface area contributed by atoms with Crippen LogP contribution in [-0.2, 0) is 22.6 Å². The van der Waals surface area contributed by atoms with E-state index in [1.54, 1.807) is 12.1 Å². The van der Waals surface area contributed by atoms with Crippen molar-refractivity contribution in [1.82, 2.24) is 15.5 Å². The lowest BCUT2D eigenvalue weighted by molar-refractivity contribution is -0.121. The van der Waals surface area contributed by atoms with E-state index in [2.05, 4.69) is 10.6 Å². The van der Waals surface area contributed by atoms with Gasteiger partial charge in [0.15, 0.2) is 0 Å². The van der Waals surface area contributed by atoms with Crippen LogP contribution in [0.15, 0.2) is 53.1 Å². The molecule has 0 saturated carbocycles. The van der Waals surface area contributed by atoms with Crippen molar-refractivity contribution in [1.29, 1.82) is 0 Å². The van der Waals surface area contributed by atoms with Crippen LogP contribution in [0.4, 0.5) is 4.79 Å². The summed E-state index contributed by atoms with van der Waals surface area (Å²) in [5.41, 5.74) is 1.12. The van der Waals surface area contributed by atoms with Crippen molar-refractivity contribution in [2.45, 2.75) is 32.0 Å². The molecule has 1 aliphatic rings. The molecule has 27 heavy (non-hydrogen) atoms. The highest BCUT2D eigenvalue weighted by Gasteiger charge is 2.21. The number of ether oxygens (including phenoxy) is 1. The molecule has 3 amide bonds. The van der Waals surface area contributed by atoms with Gasteiger partial charge in [0.2, 0.25) is 5.91 Å². The molecule has 1 unspecified atom stereocenters. The first kappa shape index (κ1) is 19.1. The van der Waals surface area contributed by atoms with Gasteiger partial charge in [-0.15, -0.1) is 0 Å². The van der Waals surface area contributed by atoms with Crippen LogP contribution in [0.5, 0.6) is 0 Å². The number of nitrogens with zero attached hydrogens (tertiary/aromatic N) is 1. The lowest BCUT2D eigenvalue weighted by Crippen LogP contribution is -2.45. The van der Waals surface area contributed by atoms with Gasteiger partial charge in [0.05, 0.1) is 25.5 Å². The Labute approximate surface area is 158 Å². The maximum absolute atomic E-state index is 12.3. The number of amides is 3. The average molecular weight is 371 g/mol. The summed E-state index contributed by atoms with van der Waals surface area (Å²) in [5, 5.41) is 4.97. The molecule has 144 valence electrons. The molecule has 7 heteroatoms. The Balaban J connectivity index is 1.50. The lowest BCUT2D eigenvalue weighted by Gasteiger charge is -2.24. The smallest absolute Gasteiger partial charge is 0.321 e. The molecule has 1 fully saturated rings. The van der Waals surface area contributed by atoms with E-state index in [9.17, 15) is 9.59 Å². The van der Waals surface area contributed by atoms with Gasteiger partial charge in [-0.1, -0.05) is 30.3 Å². The summed E-state index contributed by atoms with van der Waals surface area (Å²) in [6, 6.07) is 12.9. The molecular formula is C20H25N3O4. The van der Waals surface area contributed by atoms with Gasteiger partial charge in [-0.05, 0) is 30.5 Å².